The van der Waals surface area contributed by atoms with Crippen molar-refractivity contribution in [3.05, 3.63) is 22.3 Å². The average Bonchev–Trinajstić information content (AvgIpc) is 2.07. The standard InChI is InChI=1S/C8H11BrN2O/c1-6-4-8(12-3-2-10)11-5-7(6)9/h4-5H,2-3,10H2,1H3. The van der Waals surface area contributed by atoms with Gasteiger partial charge in [-0.2, -0.15) is 0 Å². The van der Waals surface area contributed by atoms with Gasteiger partial charge in [-0.1, -0.05) is 0 Å². The van der Waals surface area contributed by atoms with E-state index in [-0.39, 0.29) is 0 Å². The molecule has 0 saturated carbocycles. The Bertz CT molecular complexity index is 265. The smallest absolute Gasteiger partial charge is 0.213 e. The first-order chi connectivity index (χ1) is 5.74. The van der Waals surface area contributed by atoms with Gasteiger partial charge in [0.15, 0.2) is 0 Å². The number of hydrogen-bond donors (Lipinski definition) is 1. The van der Waals surface area contributed by atoms with Crippen molar-refractivity contribution < 1.29 is 4.74 Å². The zero-order chi connectivity index (χ0) is 8.97. The lowest BCUT2D eigenvalue weighted by Gasteiger charge is -2.04. The van der Waals surface area contributed by atoms with Crippen LogP contribution in [0.15, 0.2) is 16.7 Å². The number of nitrogens with zero attached hydrogens (tertiary/aromatic N) is 1. The van der Waals surface area contributed by atoms with E-state index in [1.165, 1.54) is 0 Å². The molecule has 0 atom stereocenters. The van der Waals surface area contributed by atoms with Crippen molar-refractivity contribution in [1.29, 1.82) is 0 Å². The summed E-state index contributed by atoms with van der Waals surface area (Å²) in [5.74, 6) is 0.626. The van der Waals surface area contributed by atoms with Gasteiger partial charge in [-0.25, -0.2) is 4.98 Å². The van der Waals surface area contributed by atoms with E-state index in [2.05, 4.69) is 20.9 Å². The van der Waals surface area contributed by atoms with Crippen LogP contribution in [0.5, 0.6) is 5.88 Å². The Morgan fingerprint density at radius 2 is 2.42 bits per heavy atom. The van der Waals surface area contributed by atoms with Crippen molar-refractivity contribution >= 4 is 15.9 Å². The highest BCUT2D eigenvalue weighted by molar-refractivity contribution is 9.10. The molecule has 12 heavy (non-hydrogen) atoms. The van der Waals surface area contributed by atoms with Gasteiger partial charge in [0.05, 0.1) is 0 Å². The number of halogens is 1. The predicted octanol–water partition coefficient (Wildman–Crippen LogP) is 1.49. The summed E-state index contributed by atoms with van der Waals surface area (Å²) in [7, 11) is 0. The van der Waals surface area contributed by atoms with Crippen LogP contribution in [-0.4, -0.2) is 18.1 Å². The number of hydrogen-bond acceptors (Lipinski definition) is 3. The second-order valence-corrected chi connectivity index (χ2v) is 3.26. The molecule has 0 spiro atoms. The van der Waals surface area contributed by atoms with Crippen LogP contribution in [0, 0.1) is 6.92 Å². The fraction of sp³-hybridized carbons (Fsp3) is 0.375. The Balaban J connectivity index is 2.69. The van der Waals surface area contributed by atoms with Crippen molar-refractivity contribution in [2.45, 2.75) is 6.92 Å². The van der Waals surface area contributed by atoms with E-state index in [1.807, 2.05) is 13.0 Å². The quantitative estimate of drug-likeness (QED) is 0.857. The molecule has 0 aliphatic heterocycles. The topological polar surface area (TPSA) is 48.1 Å². The first-order valence-electron chi connectivity index (χ1n) is 3.69. The molecule has 0 unspecified atom stereocenters. The highest BCUT2D eigenvalue weighted by Crippen LogP contribution is 2.18. The minimum Gasteiger partial charge on any atom is -0.476 e. The van der Waals surface area contributed by atoms with Gasteiger partial charge in [0.1, 0.15) is 6.61 Å². The number of pyridine rings is 1. The van der Waals surface area contributed by atoms with Gasteiger partial charge in [0, 0.05) is 23.3 Å². The number of aryl methyl sites for hydroxylation is 1. The molecule has 3 nitrogen and oxygen atoms in total. The highest BCUT2D eigenvalue weighted by atomic mass is 79.9. The van der Waals surface area contributed by atoms with Crippen LogP contribution in [0.3, 0.4) is 0 Å². The molecule has 1 rings (SSSR count). The van der Waals surface area contributed by atoms with Crippen molar-refractivity contribution in [1.82, 2.24) is 4.98 Å². The maximum absolute atomic E-state index is 5.28. The number of ether oxygens (including phenoxy) is 1. The van der Waals surface area contributed by atoms with Crippen molar-refractivity contribution in [3.63, 3.8) is 0 Å². The van der Waals surface area contributed by atoms with Crippen LogP contribution in [-0.2, 0) is 0 Å². The zero-order valence-electron chi connectivity index (χ0n) is 6.88. The summed E-state index contributed by atoms with van der Waals surface area (Å²) in [4.78, 5) is 4.05. The van der Waals surface area contributed by atoms with Gasteiger partial charge in [0.2, 0.25) is 5.88 Å². The van der Waals surface area contributed by atoms with Gasteiger partial charge in [-0.15, -0.1) is 0 Å². The summed E-state index contributed by atoms with van der Waals surface area (Å²) < 4.78 is 6.22. The van der Waals surface area contributed by atoms with Crippen LogP contribution in [0.2, 0.25) is 0 Å². The lowest BCUT2D eigenvalue weighted by Crippen LogP contribution is -2.11. The minimum atomic E-state index is 0.508. The molecule has 0 fully saturated rings. The normalized spacial score (nSPS) is 9.92. The third-order valence-corrected chi connectivity index (χ3v) is 2.22. The minimum absolute atomic E-state index is 0.508. The molecule has 66 valence electrons. The van der Waals surface area contributed by atoms with Gasteiger partial charge in [-0.05, 0) is 28.4 Å². The molecule has 0 radical (unpaired) electrons. The second-order valence-electron chi connectivity index (χ2n) is 2.41. The molecule has 0 aliphatic rings. The van der Waals surface area contributed by atoms with Crippen molar-refractivity contribution in [2.75, 3.05) is 13.2 Å². The van der Waals surface area contributed by atoms with E-state index in [9.17, 15) is 0 Å². The second kappa shape index (κ2) is 4.42. The van der Waals surface area contributed by atoms with Gasteiger partial charge < -0.3 is 10.5 Å². The Morgan fingerprint density at radius 3 is 3.00 bits per heavy atom. The average molecular weight is 231 g/mol. The molecular weight excluding hydrogens is 220 g/mol. The molecule has 0 saturated heterocycles. The van der Waals surface area contributed by atoms with E-state index in [4.69, 9.17) is 10.5 Å². The summed E-state index contributed by atoms with van der Waals surface area (Å²) in [5.41, 5.74) is 6.39. The number of rotatable bonds is 3. The van der Waals surface area contributed by atoms with E-state index in [0.29, 0.717) is 19.0 Å². The molecule has 0 amide bonds. The predicted molar refractivity (Wildman–Crippen MR) is 51.2 cm³/mol. The largest absolute Gasteiger partial charge is 0.476 e. The zero-order valence-corrected chi connectivity index (χ0v) is 8.47. The summed E-state index contributed by atoms with van der Waals surface area (Å²) in [5, 5.41) is 0. The van der Waals surface area contributed by atoms with E-state index < -0.39 is 0 Å². The number of aromatic nitrogens is 1. The molecule has 2 N–H and O–H groups in total. The third-order valence-electron chi connectivity index (χ3n) is 1.39. The summed E-state index contributed by atoms with van der Waals surface area (Å²) >= 11 is 3.35. The Morgan fingerprint density at radius 1 is 1.67 bits per heavy atom. The Labute approximate surface area is 80.1 Å². The van der Waals surface area contributed by atoms with Crippen LogP contribution in [0.4, 0.5) is 0 Å². The maximum Gasteiger partial charge on any atom is 0.213 e. The fourth-order valence-corrected chi connectivity index (χ4v) is 0.973. The van der Waals surface area contributed by atoms with Crippen molar-refractivity contribution in [2.24, 2.45) is 5.73 Å². The van der Waals surface area contributed by atoms with Gasteiger partial charge >= 0.3 is 0 Å². The first kappa shape index (κ1) is 9.48. The van der Waals surface area contributed by atoms with Crippen LogP contribution in [0.1, 0.15) is 5.56 Å². The maximum atomic E-state index is 5.28. The summed E-state index contributed by atoms with van der Waals surface area (Å²) in [6.07, 6.45) is 1.72. The molecule has 0 bridgehead atoms. The Kier molecular flexibility index (Phi) is 3.49. The fourth-order valence-electron chi connectivity index (χ4n) is 0.756. The molecule has 1 heterocycles. The van der Waals surface area contributed by atoms with E-state index in [1.54, 1.807) is 6.20 Å². The van der Waals surface area contributed by atoms with E-state index in [0.717, 1.165) is 10.0 Å². The van der Waals surface area contributed by atoms with Crippen LogP contribution < -0.4 is 10.5 Å². The van der Waals surface area contributed by atoms with Crippen molar-refractivity contribution in [3.8, 4) is 5.88 Å². The SMILES string of the molecule is Cc1cc(OCCN)ncc1Br. The van der Waals surface area contributed by atoms with E-state index >= 15 is 0 Å². The summed E-state index contributed by atoms with van der Waals surface area (Å²) in [6, 6.07) is 1.87. The molecule has 1 aromatic rings. The van der Waals surface area contributed by atoms with Gasteiger partial charge in [-0.3, -0.25) is 0 Å². The molecular formula is C8H11BrN2O. The van der Waals surface area contributed by atoms with Gasteiger partial charge in [0.25, 0.3) is 0 Å². The highest BCUT2D eigenvalue weighted by Gasteiger charge is 1.98. The van der Waals surface area contributed by atoms with Crippen LogP contribution in [0.25, 0.3) is 0 Å². The molecule has 4 heteroatoms. The first-order valence-corrected chi connectivity index (χ1v) is 4.48. The summed E-state index contributed by atoms with van der Waals surface area (Å²) in [6.45, 7) is 3.01. The third kappa shape index (κ3) is 2.46. The Hall–Kier alpha value is -0.610. The number of nitrogens with two attached hydrogens (primary N) is 1. The molecule has 0 aliphatic carbocycles. The lowest BCUT2D eigenvalue weighted by atomic mass is 10.3. The monoisotopic (exact) mass is 230 g/mol. The molecule has 0 aromatic carbocycles. The van der Waals surface area contributed by atoms with Crippen LogP contribution >= 0.6 is 15.9 Å². The lowest BCUT2D eigenvalue weighted by molar-refractivity contribution is 0.315. The molecule has 1 aromatic heterocycles.